The first-order valence-electron chi connectivity index (χ1n) is 5.41. The SMILES string of the molecule is CCCC1CCC(=O)C(CCO)C1. The summed E-state index contributed by atoms with van der Waals surface area (Å²) in [4.78, 5) is 11.4. The van der Waals surface area contributed by atoms with Crippen molar-refractivity contribution in [3.8, 4) is 0 Å². The summed E-state index contributed by atoms with van der Waals surface area (Å²) in [6.07, 6.45) is 5.98. The fourth-order valence-electron chi connectivity index (χ4n) is 2.31. The molecule has 0 heterocycles. The van der Waals surface area contributed by atoms with Gasteiger partial charge in [0.1, 0.15) is 5.78 Å². The van der Waals surface area contributed by atoms with Gasteiger partial charge in [-0.15, -0.1) is 0 Å². The summed E-state index contributed by atoms with van der Waals surface area (Å²) in [6, 6.07) is 0. The van der Waals surface area contributed by atoms with E-state index in [1.54, 1.807) is 0 Å². The Kier molecular flexibility index (Phi) is 4.43. The molecule has 13 heavy (non-hydrogen) atoms. The van der Waals surface area contributed by atoms with Crippen molar-refractivity contribution in [3.05, 3.63) is 0 Å². The molecule has 76 valence electrons. The van der Waals surface area contributed by atoms with Gasteiger partial charge in [-0.2, -0.15) is 0 Å². The van der Waals surface area contributed by atoms with Gasteiger partial charge in [0.05, 0.1) is 0 Å². The number of Topliss-reactive ketones (excluding diaryl/α,β-unsaturated/α-hetero) is 1. The Hall–Kier alpha value is -0.370. The van der Waals surface area contributed by atoms with Gasteiger partial charge in [0.2, 0.25) is 0 Å². The summed E-state index contributed by atoms with van der Waals surface area (Å²) < 4.78 is 0. The van der Waals surface area contributed by atoms with Crippen molar-refractivity contribution in [2.75, 3.05) is 6.61 Å². The molecule has 1 saturated carbocycles. The van der Waals surface area contributed by atoms with Crippen LogP contribution in [0.2, 0.25) is 0 Å². The molecule has 0 aliphatic heterocycles. The Morgan fingerprint density at radius 1 is 1.46 bits per heavy atom. The third kappa shape index (κ3) is 3.11. The summed E-state index contributed by atoms with van der Waals surface area (Å²) in [7, 11) is 0. The summed E-state index contributed by atoms with van der Waals surface area (Å²) in [6.45, 7) is 2.35. The van der Waals surface area contributed by atoms with Crippen LogP contribution in [0, 0.1) is 11.8 Å². The van der Waals surface area contributed by atoms with E-state index in [1.165, 1.54) is 12.8 Å². The van der Waals surface area contributed by atoms with Crippen LogP contribution in [0.25, 0.3) is 0 Å². The molecule has 1 rings (SSSR count). The molecule has 2 nitrogen and oxygen atoms in total. The van der Waals surface area contributed by atoms with Gasteiger partial charge in [-0.1, -0.05) is 19.8 Å². The van der Waals surface area contributed by atoms with E-state index in [9.17, 15) is 4.79 Å². The second kappa shape index (κ2) is 5.38. The maximum Gasteiger partial charge on any atom is 0.136 e. The molecular weight excluding hydrogens is 164 g/mol. The molecule has 1 aliphatic rings. The zero-order chi connectivity index (χ0) is 9.68. The standard InChI is InChI=1S/C11H20O2/c1-2-3-9-4-5-11(13)10(8-9)6-7-12/h9-10,12H,2-8H2,1H3. The molecular formula is C11H20O2. The van der Waals surface area contributed by atoms with Gasteiger partial charge in [-0.3, -0.25) is 4.79 Å². The van der Waals surface area contributed by atoms with E-state index < -0.39 is 0 Å². The number of aliphatic hydroxyl groups is 1. The van der Waals surface area contributed by atoms with E-state index >= 15 is 0 Å². The van der Waals surface area contributed by atoms with Crippen LogP contribution in [0.4, 0.5) is 0 Å². The first-order chi connectivity index (χ1) is 6.27. The molecule has 2 unspecified atom stereocenters. The van der Waals surface area contributed by atoms with Gasteiger partial charge in [0.15, 0.2) is 0 Å². The van der Waals surface area contributed by atoms with Crippen LogP contribution in [0.5, 0.6) is 0 Å². The van der Waals surface area contributed by atoms with Gasteiger partial charge in [0, 0.05) is 18.9 Å². The molecule has 1 N–H and O–H groups in total. The van der Waals surface area contributed by atoms with Crippen LogP contribution in [0.1, 0.15) is 45.4 Å². The van der Waals surface area contributed by atoms with E-state index in [4.69, 9.17) is 5.11 Å². The number of hydrogen-bond donors (Lipinski definition) is 1. The van der Waals surface area contributed by atoms with Crippen LogP contribution in [0.3, 0.4) is 0 Å². The van der Waals surface area contributed by atoms with E-state index in [1.807, 2.05) is 0 Å². The molecule has 0 amide bonds. The summed E-state index contributed by atoms with van der Waals surface area (Å²) in [5.41, 5.74) is 0. The number of hydrogen-bond acceptors (Lipinski definition) is 2. The maximum absolute atomic E-state index is 11.4. The van der Waals surface area contributed by atoms with Crippen molar-refractivity contribution in [1.29, 1.82) is 0 Å². The van der Waals surface area contributed by atoms with Crippen molar-refractivity contribution in [3.63, 3.8) is 0 Å². The minimum atomic E-state index is 0.162. The Morgan fingerprint density at radius 2 is 2.23 bits per heavy atom. The van der Waals surface area contributed by atoms with E-state index in [2.05, 4.69) is 6.92 Å². The molecule has 2 heteroatoms. The van der Waals surface area contributed by atoms with Crippen molar-refractivity contribution in [2.45, 2.75) is 45.4 Å². The smallest absolute Gasteiger partial charge is 0.136 e. The first-order valence-corrected chi connectivity index (χ1v) is 5.41. The lowest BCUT2D eigenvalue weighted by Gasteiger charge is -2.27. The lowest BCUT2D eigenvalue weighted by atomic mass is 9.77. The predicted molar refractivity (Wildman–Crippen MR) is 52.4 cm³/mol. The minimum absolute atomic E-state index is 0.162. The Balaban J connectivity index is 2.38. The molecule has 0 saturated heterocycles. The highest BCUT2D eigenvalue weighted by molar-refractivity contribution is 5.81. The summed E-state index contributed by atoms with van der Waals surface area (Å²) in [5.74, 6) is 1.27. The van der Waals surface area contributed by atoms with Crippen molar-refractivity contribution < 1.29 is 9.90 Å². The molecule has 0 aromatic heterocycles. The largest absolute Gasteiger partial charge is 0.396 e. The van der Waals surface area contributed by atoms with Gasteiger partial charge in [-0.25, -0.2) is 0 Å². The number of aliphatic hydroxyl groups excluding tert-OH is 1. The number of carbonyl (C=O) groups is 1. The van der Waals surface area contributed by atoms with Crippen molar-refractivity contribution in [2.24, 2.45) is 11.8 Å². The highest BCUT2D eigenvalue weighted by Crippen LogP contribution is 2.31. The number of ketones is 1. The summed E-state index contributed by atoms with van der Waals surface area (Å²) in [5, 5.41) is 8.80. The molecule has 1 aliphatic carbocycles. The quantitative estimate of drug-likeness (QED) is 0.727. The Labute approximate surface area is 80.3 Å². The normalized spacial score (nSPS) is 29.2. The lowest BCUT2D eigenvalue weighted by Crippen LogP contribution is -2.25. The van der Waals surface area contributed by atoms with Crippen molar-refractivity contribution >= 4 is 5.78 Å². The van der Waals surface area contributed by atoms with Gasteiger partial charge in [0.25, 0.3) is 0 Å². The van der Waals surface area contributed by atoms with E-state index in [0.29, 0.717) is 12.2 Å². The molecule has 0 aromatic rings. The average molecular weight is 184 g/mol. The van der Waals surface area contributed by atoms with Gasteiger partial charge >= 0.3 is 0 Å². The monoisotopic (exact) mass is 184 g/mol. The molecule has 0 aromatic carbocycles. The second-order valence-electron chi connectivity index (χ2n) is 4.10. The predicted octanol–water partition coefficient (Wildman–Crippen LogP) is 2.15. The number of carbonyl (C=O) groups excluding carboxylic acids is 1. The highest BCUT2D eigenvalue weighted by atomic mass is 16.3. The van der Waals surface area contributed by atoms with Crippen LogP contribution >= 0.6 is 0 Å². The zero-order valence-electron chi connectivity index (χ0n) is 8.46. The van der Waals surface area contributed by atoms with Crippen molar-refractivity contribution in [1.82, 2.24) is 0 Å². The highest BCUT2D eigenvalue weighted by Gasteiger charge is 2.27. The average Bonchev–Trinajstić information content (AvgIpc) is 2.12. The third-order valence-electron chi connectivity index (χ3n) is 3.05. The topological polar surface area (TPSA) is 37.3 Å². The molecule has 0 spiro atoms. The third-order valence-corrected chi connectivity index (χ3v) is 3.05. The molecule has 0 bridgehead atoms. The van der Waals surface area contributed by atoms with Crippen LogP contribution in [-0.4, -0.2) is 17.5 Å². The Bertz CT molecular complexity index is 165. The molecule has 0 radical (unpaired) electrons. The van der Waals surface area contributed by atoms with E-state index in [-0.39, 0.29) is 12.5 Å². The first kappa shape index (κ1) is 10.7. The maximum atomic E-state index is 11.4. The number of rotatable bonds is 4. The molecule has 2 atom stereocenters. The van der Waals surface area contributed by atoms with Crippen LogP contribution < -0.4 is 0 Å². The van der Waals surface area contributed by atoms with Gasteiger partial charge in [-0.05, 0) is 25.2 Å². The minimum Gasteiger partial charge on any atom is -0.396 e. The molecule has 1 fully saturated rings. The van der Waals surface area contributed by atoms with E-state index in [0.717, 1.165) is 25.2 Å². The van der Waals surface area contributed by atoms with Gasteiger partial charge < -0.3 is 5.11 Å². The van der Waals surface area contributed by atoms with Crippen LogP contribution in [-0.2, 0) is 4.79 Å². The fourth-order valence-corrected chi connectivity index (χ4v) is 2.31. The second-order valence-corrected chi connectivity index (χ2v) is 4.10. The fraction of sp³-hybridized carbons (Fsp3) is 0.909. The van der Waals surface area contributed by atoms with Crippen LogP contribution in [0.15, 0.2) is 0 Å². The zero-order valence-corrected chi connectivity index (χ0v) is 8.46. The Morgan fingerprint density at radius 3 is 2.85 bits per heavy atom. The lowest BCUT2D eigenvalue weighted by molar-refractivity contribution is -0.126. The summed E-state index contributed by atoms with van der Waals surface area (Å²) >= 11 is 0.